The molecule has 108 valence electrons. The molecule has 6 nitrogen and oxygen atoms in total. The zero-order chi connectivity index (χ0) is 14.7. The van der Waals surface area contributed by atoms with Gasteiger partial charge in [-0.05, 0) is 37.8 Å². The first-order valence-electron chi connectivity index (χ1n) is 6.70. The summed E-state index contributed by atoms with van der Waals surface area (Å²) >= 11 is 0. The maximum atomic E-state index is 12.1. The van der Waals surface area contributed by atoms with Crippen LogP contribution in [0.15, 0.2) is 24.3 Å². The highest BCUT2D eigenvalue weighted by Crippen LogP contribution is 2.23. The van der Waals surface area contributed by atoms with Crippen LogP contribution in [0.5, 0.6) is 5.75 Å². The molecule has 0 aromatic heterocycles. The van der Waals surface area contributed by atoms with Crippen molar-refractivity contribution in [1.29, 1.82) is 0 Å². The standard InChI is InChI=1S/C14H18N2O4/c1-10-3-4-11(2)15(9-10)14(17)20-13-7-5-12(6-8-13)16(18)19/h5-8,10-11H,3-4,9H2,1-2H3. The fourth-order valence-electron chi connectivity index (χ4n) is 2.34. The van der Waals surface area contributed by atoms with Crippen LogP contribution >= 0.6 is 0 Å². The molecule has 1 aromatic carbocycles. The van der Waals surface area contributed by atoms with Crippen LogP contribution in [0.4, 0.5) is 10.5 Å². The molecule has 0 bridgehead atoms. The quantitative estimate of drug-likeness (QED) is 0.615. The van der Waals surface area contributed by atoms with Crippen molar-refractivity contribution in [3.05, 3.63) is 34.4 Å². The van der Waals surface area contributed by atoms with E-state index in [0.29, 0.717) is 18.2 Å². The number of carbonyl (C=O) groups excluding carboxylic acids is 1. The molecule has 6 heteroatoms. The van der Waals surface area contributed by atoms with Crippen LogP contribution in [0.25, 0.3) is 0 Å². The molecule has 1 amide bonds. The zero-order valence-corrected chi connectivity index (χ0v) is 11.6. The minimum absolute atomic E-state index is 0.0234. The third-order valence-electron chi connectivity index (χ3n) is 3.60. The Morgan fingerprint density at radius 3 is 2.55 bits per heavy atom. The van der Waals surface area contributed by atoms with Gasteiger partial charge in [0.2, 0.25) is 0 Å². The summed E-state index contributed by atoms with van der Waals surface area (Å²) in [5, 5.41) is 10.6. The van der Waals surface area contributed by atoms with Gasteiger partial charge in [-0.3, -0.25) is 10.1 Å². The van der Waals surface area contributed by atoms with E-state index in [0.717, 1.165) is 12.8 Å². The summed E-state index contributed by atoms with van der Waals surface area (Å²) in [6.07, 6.45) is 1.69. The number of nitro groups is 1. The third-order valence-corrected chi connectivity index (χ3v) is 3.60. The summed E-state index contributed by atoms with van der Waals surface area (Å²) < 4.78 is 5.27. The van der Waals surface area contributed by atoms with Crippen LogP contribution in [0, 0.1) is 16.0 Å². The number of nitro benzene ring substituents is 1. The van der Waals surface area contributed by atoms with Crippen LogP contribution in [0.2, 0.25) is 0 Å². The molecule has 0 saturated carbocycles. The van der Waals surface area contributed by atoms with Crippen molar-refractivity contribution in [2.45, 2.75) is 32.7 Å². The summed E-state index contributed by atoms with van der Waals surface area (Å²) in [5.41, 5.74) is -0.0234. The fraction of sp³-hybridized carbons (Fsp3) is 0.500. The van der Waals surface area contributed by atoms with Gasteiger partial charge in [-0.2, -0.15) is 0 Å². The van der Waals surface area contributed by atoms with Crippen molar-refractivity contribution in [2.75, 3.05) is 6.54 Å². The maximum Gasteiger partial charge on any atom is 0.415 e. The van der Waals surface area contributed by atoms with E-state index in [-0.39, 0.29) is 11.7 Å². The lowest BCUT2D eigenvalue weighted by Gasteiger charge is -2.35. The average Bonchev–Trinajstić information content (AvgIpc) is 2.42. The second kappa shape index (κ2) is 5.90. The summed E-state index contributed by atoms with van der Waals surface area (Å²) in [6.45, 7) is 4.80. The number of piperidine rings is 1. The maximum absolute atomic E-state index is 12.1. The molecule has 1 heterocycles. The van der Waals surface area contributed by atoms with Crippen LogP contribution < -0.4 is 4.74 Å². The largest absolute Gasteiger partial charge is 0.415 e. The van der Waals surface area contributed by atoms with E-state index >= 15 is 0 Å². The van der Waals surface area contributed by atoms with Gasteiger partial charge in [0.1, 0.15) is 5.75 Å². The number of ether oxygens (including phenoxy) is 1. The van der Waals surface area contributed by atoms with E-state index in [4.69, 9.17) is 4.74 Å². The Labute approximate surface area is 117 Å². The van der Waals surface area contributed by atoms with Gasteiger partial charge in [0.05, 0.1) is 4.92 Å². The lowest BCUT2D eigenvalue weighted by Crippen LogP contribution is -2.46. The number of non-ortho nitro benzene ring substituents is 1. The predicted octanol–water partition coefficient (Wildman–Crippen LogP) is 3.21. The Morgan fingerprint density at radius 1 is 1.30 bits per heavy atom. The number of rotatable bonds is 2. The van der Waals surface area contributed by atoms with Crippen molar-refractivity contribution in [1.82, 2.24) is 4.90 Å². The first-order valence-corrected chi connectivity index (χ1v) is 6.70. The highest BCUT2D eigenvalue weighted by molar-refractivity contribution is 5.71. The number of hydrogen-bond donors (Lipinski definition) is 0. The van der Waals surface area contributed by atoms with E-state index in [9.17, 15) is 14.9 Å². The molecule has 2 atom stereocenters. The summed E-state index contributed by atoms with van der Waals surface area (Å²) in [4.78, 5) is 23.9. The van der Waals surface area contributed by atoms with Crippen molar-refractivity contribution < 1.29 is 14.5 Å². The smallest absolute Gasteiger partial charge is 0.410 e. The van der Waals surface area contributed by atoms with Gasteiger partial charge in [0.25, 0.3) is 5.69 Å². The fourth-order valence-corrected chi connectivity index (χ4v) is 2.34. The molecule has 2 unspecified atom stereocenters. The molecule has 0 N–H and O–H groups in total. The minimum Gasteiger partial charge on any atom is -0.410 e. The molecular weight excluding hydrogens is 260 g/mol. The topological polar surface area (TPSA) is 72.7 Å². The van der Waals surface area contributed by atoms with E-state index in [1.165, 1.54) is 24.3 Å². The molecule has 1 aliphatic rings. The molecule has 1 fully saturated rings. The number of benzene rings is 1. The molecule has 2 rings (SSSR count). The molecule has 20 heavy (non-hydrogen) atoms. The molecule has 0 aliphatic carbocycles. The minimum atomic E-state index is -0.486. The van der Waals surface area contributed by atoms with Gasteiger partial charge in [0.15, 0.2) is 0 Å². The van der Waals surface area contributed by atoms with E-state index in [1.807, 2.05) is 6.92 Å². The summed E-state index contributed by atoms with van der Waals surface area (Å²) in [5.74, 6) is 0.793. The molecular formula is C14H18N2O4. The van der Waals surface area contributed by atoms with Gasteiger partial charge >= 0.3 is 6.09 Å². The van der Waals surface area contributed by atoms with Crippen LogP contribution in [-0.4, -0.2) is 28.5 Å². The highest BCUT2D eigenvalue weighted by atomic mass is 16.6. The van der Waals surface area contributed by atoms with E-state index < -0.39 is 11.0 Å². The van der Waals surface area contributed by atoms with Crippen LogP contribution in [0.1, 0.15) is 26.7 Å². The van der Waals surface area contributed by atoms with Crippen molar-refractivity contribution in [2.24, 2.45) is 5.92 Å². The second-order valence-corrected chi connectivity index (χ2v) is 5.30. The Kier molecular flexibility index (Phi) is 4.22. The van der Waals surface area contributed by atoms with Crippen molar-refractivity contribution in [3.8, 4) is 5.75 Å². The van der Waals surface area contributed by atoms with E-state index in [2.05, 4.69) is 6.92 Å². The Balaban J connectivity index is 2.01. The van der Waals surface area contributed by atoms with Gasteiger partial charge < -0.3 is 9.64 Å². The Bertz CT molecular complexity index is 500. The average molecular weight is 278 g/mol. The van der Waals surface area contributed by atoms with Crippen molar-refractivity contribution >= 4 is 11.8 Å². The SMILES string of the molecule is CC1CCC(C)N(C(=O)Oc2ccc([N+](=O)[O-])cc2)C1. The monoisotopic (exact) mass is 278 g/mol. The normalized spacial score (nSPS) is 22.4. The highest BCUT2D eigenvalue weighted by Gasteiger charge is 2.28. The summed E-state index contributed by atoms with van der Waals surface area (Å²) in [6, 6.07) is 5.69. The molecule has 1 aliphatic heterocycles. The third kappa shape index (κ3) is 3.26. The molecule has 1 aromatic rings. The van der Waals surface area contributed by atoms with Crippen molar-refractivity contribution in [3.63, 3.8) is 0 Å². The predicted molar refractivity (Wildman–Crippen MR) is 73.7 cm³/mol. The lowest BCUT2D eigenvalue weighted by atomic mass is 9.96. The number of nitrogens with zero attached hydrogens (tertiary/aromatic N) is 2. The molecule has 1 saturated heterocycles. The van der Waals surface area contributed by atoms with Gasteiger partial charge in [-0.15, -0.1) is 0 Å². The second-order valence-electron chi connectivity index (χ2n) is 5.30. The first kappa shape index (κ1) is 14.3. The summed E-state index contributed by atoms with van der Waals surface area (Å²) in [7, 11) is 0. The zero-order valence-electron chi connectivity index (χ0n) is 11.6. The molecule has 0 spiro atoms. The van der Waals surface area contributed by atoms with E-state index in [1.54, 1.807) is 4.90 Å². The van der Waals surface area contributed by atoms with Crippen LogP contribution in [-0.2, 0) is 0 Å². The lowest BCUT2D eigenvalue weighted by molar-refractivity contribution is -0.384. The molecule has 0 radical (unpaired) electrons. The number of likely N-dealkylation sites (tertiary alicyclic amines) is 1. The Morgan fingerprint density at radius 2 is 1.95 bits per heavy atom. The number of carbonyl (C=O) groups is 1. The van der Waals surface area contributed by atoms with Gasteiger partial charge in [-0.1, -0.05) is 6.92 Å². The first-order chi connectivity index (χ1) is 9.47. The van der Waals surface area contributed by atoms with Gasteiger partial charge in [0, 0.05) is 24.7 Å². The number of amides is 1. The Hall–Kier alpha value is -2.11. The van der Waals surface area contributed by atoms with Crippen LogP contribution in [0.3, 0.4) is 0 Å². The van der Waals surface area contributed by atoms with Gasteiger partial charge in [-0.25, -0.2) is 4.79 Å². The number of hydrogen-bond acceptors (Lipinski definition) is 4.